The first-order valence-electron chi connectivity index (χ1n) is 9.82. The van der Waals surface area contributed by atoms with Crippen LogP contribution in [-0.4, -0.2) is 43.5 Å². The zero-order chi connectivity index (χ0) is 22.2. The van der Waals surface area contributed by atoms with E-state index in [0.717, 1.165) is 22.0 Å². The summed E-state index contributed by atoms with van der Waals surface area (Å²) in [6.07, 6.45) is 3.52. The Morgan fingerprint density at radius 1 is 1.10 bits per heavy atom. The minimum atomic E-state index is -0.310. The van der Waals surface area contributed by atoms with Crippen LogP contribution in [0.2, 0.25) is 0 Å². The molecular weight excluding hydrogens is 398 g/mol. The number of hydrogen-bond donors (Lipinski definition) is 1. The molecule has 1 amide bonds. The topological polar surface area (TPSA) is 91.2 Å². The lowest BCUT2D eigenvalue weighted by atomic mass is 10.1. The summed E-state index contributed by atoms with van der Waals surface area (Å²) < 4.78 is 17.3. The Bertz CT molecular complexity index is 1100. The van der Waals surface area contributed by atoms with E-state index in [9.17, 15) is 9.59 Å². The Labute approximate surface area is 180 Å². The number of nitrogens with zero attached hydrogens (tertiary/aromatic N) is 2. The van der Waals surface area contributed by atoms with Gasteiger partial charge in [-0.15, -0.1) is 0 Å². The van der Waals surface area contributed by atoms with Crippen LogP contribution < -0.4 is 14.9 Å². The van der Waals surface area contributed by atoms with E-state index in [1.54, 1.807) is 50.1 Å². The number of rotatable bonds is 9. The van der Waals surface area contributed by atoms with Gasteiger partial charge in [-0.3, -0.25) is 9.59 Å². The maximum absolute atomic E-state index is 12.3. The fourth-order valence-corrected chi connectivity index (χ4v) is 3.24. The Morgan fingerprint density at radius 2 is 1.87 bits per heavy atom. The largest absolute Gasteiger partial charge is 0.493 e. The maximum Gasteiger partial charge on any atom is 0.325 e. The van der Waals surface area contributed by atoms with Gasteiger partial charge < -0.3 is 18.8 Å². The van der Waals surface area contributed by atoms with Crippen molar-refractivity contribution in [2.24, 2.45) is 5.10 Å². The van der Waals surface area contributed by atoms with Crippen molar-refractivity contribution in [3.63, 3.8) is 0 Å². The number of aromatic nitrogens is 1. The molecule has 0 spiro atoms. The summed E-state index contributed by atoms with van der Waals surface area (Å²) in [7, 11) is 3.10. The summed E-state index contributed by atoms with van der Waals surface area (Å²) >= 11 is 0. The highest BCUT2D eigenvalue weighted by molar-refractivity contribution is 6.00. The molecule has 0 saturated carbocycles. The van der Waals surface area contributed by atoms with Gasteiger partial charge in [-0.05, 0) is 30.7 Å². The zero-order valence-corrected chi connectivity index (χ0v) is 17.8. The number of fused-ring (bicyclic) bond motifs is 1. The third-order valence-corrected chi connectivity index (χ3v) is 4.63. The molecule has 0 bridgehead atoms. The minimum Gasteiger partial charge on any atom is -0.493 e. The average molecular weight is 423 g/mol. The molecule has 8 nitrogen and oxygen atoms in total. The van der Waals surface area contributed by atoms with E-state index in [1.807, 2.05) is 30.5 Å². The van der Waals surface area contributed by atoms with E-state index < -0.39 is 0 Å². The van der Waals surface area contributed by atoms with E-state index in [1.165, 1.54) is 0 Å². The van der Waals surface area contributed by atoms with Crippen LogP contribution in [0.1, 0.15) is 18.1 Å². The second-order valence-corrected chi connectivity index (χ2v) is 6.69. The molecule has 1 N–H and O–H groups in total. The first-order valence-corrected chi connectivity index (χ1v) is 9.82. The number of para-hydroxylation sites is 1. The quantitative estimate of drug-likeness (QED) is 0.325. The van der Waals surface area contributed by atoms with Gasteiger partial charge >= 0.3 is 5.97 Å². The molecule has 162 valence electrons. The highest BCUT2D eigenvalue weighted by Gasteiger charge is 2.11. The highest BCUT2D eigenvalue weighted by Crippen LogP contribution is 2.27. The molecule has 0 fully saturated rings. The lowest BCUT2D eigenvalue weighted by molar-refractivity contribution is -0.143. The Balaban J connectivity index is 1.69. The maximum atomic E-state index is 12.3. The molecule has 0 aliphatic rings. The Hall–Kier alpha value is -3.81. The molecule has 0 aliphatic heterocycles. The van der Waals surface area contributed by atoms with Crippen LogP contribution in [0.3, 0.4) is 0 Å². The number of benzene rings is 2. The van der Waals surface area contributed by atoms with Crippen molar-refractivity contribution in [3.05, 3.63) is 59.8 Å². The molecule has 1 aromatic heterocycles. The predicted molar refractivity (Wildman–Crippen MR) is 118 cm³/mol. The summed E-state index contributed by atoms with van der Waals surface area (Å²) in [6, 6.07) is 13.0. The van der Waals surface area contributed by atoms with E-state index in [4.69, 9.17) is 14.2 Å². The monoisotopic (exact) mass is 423 g/mol. The van der Waals surface area contributed by atoms with Gasteiger partial charge in [-0.2, -0.15) is 5.10 Å². The smallest absolute Gasteiger partial charge is 0.325 e. The van der Waals surface area contributed by atoms with Crippen molar-refractivity contribution in [1.29, 1.82) is 0 Å². The summed E-state index contributed by atoms with van der Waals surface area (Å²) in [5.41, 5.74) is 4.98. The number of methoxy groups -OCH3 is 2. The summed E-state index contributed by atoms with van der Waals surface area (Å²) in [5.74, 6) is 0.586. The predicted octanol–water partition coefficient (Wildman–Crippen LogP) is 2.91. The molecular formula is C23H25N3O5. The van der Waals surface area contributed by atoms with Crippen LogP contribution >= 0.6 is 0 Å². The number of nitrogens with one attached hydrogen (secondary N) is 1. The normalized spacial score (nSPS) is 10.9. The Morgan fingerprint density at radius 3 is 2.61 bits per heavy atom. The van der Waals surface area contributed by atoms with Crippen molar-refractivity contribution in [2.45, 2.75) is 19.9 Å². The van der Waals surface area contributed by atoms with Crippen LogP contribution in [-0.2, 0) is 27.3 Å². The number of carbonyl (C=O) groups is 2. The molecule has 0 radical (unpaired) electrons. The Kier molecular flexibility index (Phi) is 7.26. The molecule has 0 atom stereocenters. The number of esters is 1. The number of hydrazone groups is 1. The third-order valence-electron chi connectivity index (χ3n) is 4.63. The van der Waals surface area contributed by atoms with Crippen LogP contribution in [0.4, 0.5) is 0 Å². The lowest BCUT2D eigenvalue weighted by Gasteiger charge is -2.09. The number of hydrogen-bond acceptors (Lipinski definition) is 6. The summed E-state index contributed by atoms with van der Waals surface area (Å²) in [4.78, 5) is 24.2. The van der Waals surface area contributed by atoms with Crippen molar-refractivity contribution < 1.29 is 23.8 Å². The fraction of sp³-hybridized carbons (Fsp3) is 0.261. The molecule has 0 saturated heterocycles. The van der Waals surface area contributed by atoms with E-state index >= 15 is 0 Å². The zero-order valence-electron chi connectivity index (χ0n) is 17.8. The SMILES string of the molecule is CCOC(=O)Cn1cc(C=NNC(=O)Cc2ccc(OC)c(OC)c2)c2ccccc21. The molecule has 2 aromatic carbocycles. The molecule has 0 unspecified atom stereocenters. The average Bonchev–Trinajstić information content (AvgIpc) is 3.11. The second-order valence-electron chi connectivity index (χ2n) is 6.69. The van der Waals surface area contributed by atoms with Crippen molar-refractivity contribution in [2.75, 3.05) is 20.8 Å². The fourth-order valence-electron chi connectivity index (χ4n) is 3.24. The second kappa shape index (κ2) is 10.3. The van der Waals surface area contributed by atoms with Gasteiger partial charge in [0, 0.05) is 22.7 Å². The van der Waals surface area contributed by atoms with Gasteiger partial charge in [-0.25, -0.2) is 5.43 Å². The molecule has 8 heteroatoms. The molecule has 1 heterocycles. The third kappa shape index (κ3) is 5.42. The number of ether oxygens (including phenoxy) is 3. The number of carbonyl (C=O) groups excluding carboxylic acids is 2. The van der Waals surface area contributed by atoms with Crippen LogP contribution in [0.5, 0.6) is 11.5 Å². The van der Waals surface area contributed by atoms with Gasteiger partial charge in [-0.1, -0.05) is 24.3 Å². The van der Waals surface area contributed by atoms with E-state index in [0.29, 0.717) is 18.1 Å². The minimum absolute atomic E-state index is 0.105. The van der Waals surface area contributed by atoms with E-state index in [-0.39, 0.29) is 24.8 Å². The first kappa shape index (κ1) is 21.9. The first-order chi connectivity index (χ1) is 15.0. The van der Waals surface area contributed by atoms with Crippen LogP contribution in [0.25, 0.3) is 10.9 Å². The van der Waals surface area contributed by atoms with Crippen molar-refractivity contribution in [1.82, 2.24) is 9.99 Å². The van der Waals surface area contributed by atoms with Crippen LogP contribution in [0, 0.1) is 0 Å². The lowest BCUT2D eigenvalue weighted by Crippen LogP contribution is -2.19. The number of amides is 1. The van der Waals surface area contributed by atoms with Gasteiger partial charge in [0.1, 0.15) is 6.54 Å². The van der Waals surface area contributed by atoms with Crippen LogP contribution in [0.15, 0.2) is 53.8 Å². The molecule has 3 aromatic rings. The van der Waals surface area contributed by atoms with Gasteiger partial charge in [0.2, 0.25) is 5.91 Å². The summed E-state index contributed by atoms with van der Waals surface area (Å²) in [6.45, 7) is 2.21. The van der Waals surface area contributed by atoms with Gasteiger partial charge in [0.15, 0.2) is 11.5 Å². The van der Waals surface area contributed by atoms with Crippen molar-refractivity contribution in [3.8, 4) is 11.5 Å². The van der Waals surface area contributed by atoms with Gasteiger partial charge in [0.25, 0.3) is 0 Å². The molecule has 3 rings (SSSR count). The highest BCUT2D eigenvalue weighted by atomic mass is 16.5. The van der Waals surface area contributed by atoms with Gasteiger partial charge in [0.05, 0.1) is 33.5 Å². The molecule has 0 aliphatic carbocycles. The van der Waals surface area contributed by atoms with Crippen molar-refractivity contribution >= 4 is 29.0 Å². The standard InChI is InChI=1S/C23H25N3O5/c1-4-31-23(28)15-26-14-17(18-7-5-6-8-19(18)26)13-24-25-22(27)12-16-9-10-20(29-2)21(11-16)30-3/h5-11,13-14H,4,12,15H2,1-3H3,(H,25,27). The summed E-state index contributed by atoms with van der Waals surface area (Å²) in [5, 5.41) is 5.00. The van der Waals surface area contributed by atoms with E-state index in [2.05, 4.69) is 10.5 Å². The molecule has 31 heavy (non-hydrogen) atoms.